The number of hydrogen-bond acceptors (Lipinski definition) is 3. The third-order valence-electron chi connectivity index (χ3n) is 2.89. The number of ketones is 2. The van der Waals surface area contributed by atoms with E-state index >= 15 is 0 Å². The number of Topliss-reactive ketones (excluding diaryl/α,β-unsaturated/α-hetero) is 2. The molecule has 0 bridgehead atoms. The molecule has 0 radical (unpaired) electrons. The molecule has 0 spiro atoms. The molecule has 0 saturated heterocycles. The van der Waals surface area contributed by atoms with E-state index in [-0.39, 0.29) is 11.1 Å². The fourth-order valence-electron chi connectivity index (χ4n) is 1.86. The van der Waals surface area contributed by atoms with E-state index in [0.717, 1.165) is 0 Å². The van der Waals surface area contributed by atoms with Crippen molar-refractivity contribution in [1.82, 2.24) is 5.32 Å². The summed E-state index contributed by atoms with van der Waals surface area (Å²) in [6, 6.07) is 14.5. The first kappa shape index (κ1) is 13.7. The van der Waals surface area contributed by atoms with Crippen molar-refractivity contribution in [2.24, 2.45) is 0 Å². The Morgan fingerprint density at radius 3 is 1.90 bits per heavy atom. The van der Waals surface area contributed by atoms with Gasteiger partial charge in [0.05, 0.1) is 5.56 Å². The van der Waals surface area contributed by atoms with Gasteiger partial charge in [-0.3, -0.25) is 14.4 Å². The van der Waals surface area contributed by atoms with Gasteiger partial charge in [0.1, 0.15) is 0 Å². The molecule has 1 N–H and O–H groups in total. The molecule has 0 saturated carbocycles. The molecule has 4 heteroatoms. The van der Waals surface area contributed by atoms with E-state index in [1.807, 2.05) is 0 Å². The molecule has 4 nitrogen and oxygen atoms in total. The lowest BCUT2D eigenvalue weighted by Crippen LogP contribution is -2.23. The molecular formula is C16H13NO3. The van der Waals surface area contributed by atoms with Crippen LogP contribution in [0.5, 0.6) is 0 Å². The van der Waals surface area contributed by atoms with Crippen molar-refractivity contribution >= 4 is 17.5 Å². The lowest BCUT2D eigenvalue weighted by Gasteiger charge is -2.06. The number of benzene rings is 2. The van der Waals surface area contributed by atoms with Gasteiger partial charge >= 0.3 is 0 Å². The van der Waals surface area contributed by atoms with Crippen LogP contribution in [0, 0.1) is 0 Å². The summed E-state index contributed by atoms with van der Waals surface area (Å²) in [5, 5.41) is 2.45. The lowest BCUT2D eigenvalue weighted by molar-refractivity contribution is 0.0814. The zero-order valence-corrected chi connectivity index (χ0v) is 10.9. The van der Waals surface area contributed by atoms with Gasteiger partial charge in [-0.15, -0.1) is 0 Å². The molecule has 0 aliphatic heterocycles. The average molecular weight is 267 g/mol. The third kappa shape index (κ3) is 2.64. The molecule has 1 amide bonds. The predicted molar refractivity (Wildman–Crippen MR) is 74.9 cm³/mol. The predicted octanol–water partition coefficient (Wildman–Crippen LogP) is 2.11. The largest absolute Gasteiger partial charge is 0.355 e. The Bertz CT molecular complexity index is 662. The minimum Gasteiger partial charge on any atom is -0.355 e. The van der Waals surface area contributed by atoms with E-state index in [9.17, 15) is 14.4 Å². The molecule has 0 fully saturated rings. The molecule has 0 atom stereocenters. The molecule has 0 unspecified atom stereocenters. The van der Waals surface area contributed by atoms with Crippen molar-refractivity contribution < 1.29 is 14.4 Å². The van der Waals surface area contributed by atoms with Gasteiger partial charge in [-0.1, -0.05) is 48.5 Å². The number of amides is 1. The normalized spacial score (nSPS) is 9.85. The summed E-state index contributed by atoms with van der Waals surface area (Å²) in [5.74, 6) is -1.70. The second kappa shape index (κ2) is 5.93. The van der Waals surface area contributed by atoms with Crippen molar-refractivity contribution in [3.05, 3.63) is 71.3 Å². The quantitative estimate of drug-likeness (QED) is 0.681. The number of rotatable bonds is 4. The van der Waals surface area contributed by atoms with E-state index in [4.69, 9.17) is 0 Å². The average Bonchev–Trinajstić information content (AvgIpc) is 2.53. The van der Waals surface area contributed by atoms with Gasteiger partial charge in [0.2, 0.25) is 11.6 Å². The topological polar surface area (TPSA) is 63.2 Å². The lowest BCUT2D eigenvalue weighted by atomic mass is 9.97. The summed E-state index contributed by atoms with van der Waals surface area (Å²) in [4.78, 5) is 36.1. The Labute approximate surface area is 116 Å². The van der Waals surface area contributed by atoms with Crippen LogP contribution in [0.4, 0.5) is 0 Å². The second-order valence-electron chi connectivity index (χ2n) is 4.15. The highest BCUT2D eigenvalue weighted by Crippen LogP contribution is 2.13. The second-order valence-corrected chi connectivity index (χ2v) is 4.15. The van der Waals surface area contributed by atoms with Gasteiger partial charge < -0.3 is 5.32 Å². The smallest absolute Gasteiger partial charge is 0.251 e. The van der Waals surface area contributed by atoms with Crippen LogP contribution in [0.2, 0.25) is 0 Å². The standard InChI is InChI=1S/C16H13NO3/c1-17-16(20)13-10-6-5-9-12(13)15(19)14(18)11-7-3-2-4-8-11/h2-10H,1H3,(H,17,20). The van der Waals surface area contributed by atoms with Crippen LogP contribution in [-0.4, -0.2) is 24.5 Å². The summed E-state index contributed by atoms with van der Waals surface area (Å²) in [5.41, 5.74) is 0.620. The summed E-state index contributed by atoms with van der Waals surface area (Å²) in [6.45, 7) is 0. The molecule has 0 heterocycles. The number of carbonyl (C=O) groups is 3. The zero-order valence-electron chi connectivity index (χ0n) is 10.9. The van der Waals surface area contributed by atoms with Crippen LogP contribution in [0.25, 0.3) is 0 Å². The van der Waals surface area contributed by atoms with Crippen molar-refractivity contribution in [2.45, 2.75) is 0 Å². The third-order valence-corrected chi connectivity index (χ3v) is 2.89. The highest BCUT2D eigenvalue weighted by molar-refractivity contribution is 6.50. The van der Waals surface area contributed by atoms with Crippen molar-refractivity contribution in [2.75, 3.05) is 7.05 Å². The zero-order chi connectivity index (χ0) is 14.5. The van der Waals surface area contributed by atoms with Crippen LogP contribution < -0.4 is 5.32 Å². The first-order valence-corrected chi connectivity index (χ1v) is 6.10. The Balaban J connectivity index is 2.40. The molecule has 0 aliphatic carbocycles. The minimum absolute atomic E-state index is 0.112. The summed E-state index contributed by atoms with van der Waals surface area (Å²) >= 11 is 0. The maximum Gasteiger partial charge on any atom is 0.251 e. The van der Waals surface area contributed by atoms with Gasteiger partial charge in [0.25, 0.3) is 5.91 Å². The Kier molecular flexibility index (Phi) is 4.05. The van der Waals surface area contributed by atoms with E-state index in [2.05, 4.69) is 5.32 Å². The first-order chi connectivity index (χ1) is 9.65. The molecule has 2 aromatic carbocycles. The minimum atomic E-state index is -0.685. The van der Waals surface area contributed by atoms with E-state index in [1.54, 1.807) is 42.5 Å². The van der Waals surface area contributed by atoms with E-state index < -0.39 is 17.5 Å². The van der Waals surface area contributed by atoms with E-state index in [1.165, 1.54) is 19.2 Å². The fourth-order valence-corrected chi connectivity index (χ4v) is 1.86. The molecule has 2 rings (SSSR count). The Hall–Kier alpha value is -2.75. The van der Waals surface area contributed by atoms with Gasteiger partial charge in [-0.2, -0.15) is 0 Å². The molecule has 100 valence electrons. The van der Waals surface area contributed by atoms with Crippen LogP contribution in [0.1, 0.15) is 31.1 Å². The van der Waals surface area contributed by atoms with Crippen LogP contribution in [0.15, 0.2) is 54.6 Å². The number of carbonyl (C=O) groups excluding carboxylic acids is 3. The monoisotopic (exact) mass is 267 g/mol. The van der Waals surface area contributed by atoms with Gasteiger partial charge in [0, 0.05) is 18.2 Å². The molecule has 0 aliphatic rings. The molecular weight excluding hydrogens is 254 g/mol. The maximum atomic E-state index is 12.3. The highest BCUT2D eigenvalue weighted by Gasteiger charge is 2.22. The maximum absolute atomic E-state index is 12.3. The number of hydrogen-bond donors (Lipinski definition) is 1. The van der Waals surface area contributed by atoms with Crippen molar-refractivity contribution in [1.29, 1.82) is 0 Å². The van der Waals surface area contributed by atoms with Crippen molar-refractivity contribution in [3.63, 3.8) is 0 Å². The SMILES string of the molecule is CNC(=O)c1ccccc1C(=O)C(=O)c1ccccc1. The van der Waals surface area contributed by atoms with Gasteiger partial charge in [-0.25, -0.2) is 0 Å². The summed E-state index contributed by atoms with van der Waals surface area (Å²) < 4.78 is 0. The molecule has 2 aromatic rings. The number of nitrogens with one attached hydrogen (secondary N) is 1. The van der Waals surface area contributed by atoms with Crippen molar-refractivity contribution in [3.8, 4) is 0 Å². The Morgan fingerprint density at radius 1 is 0.750 bits per heavy atom. The van der Waals surface area contributed by atoms with Gasteiger partial charge in [-0.05, 0) is 6.07 Å². The highest BCUT2D eigenvalue weighted by atomic mass is 16.2. The molecule has 0 aromatic heterocycles. The molecule has 20 heavy (non-hydrogen) atoms. The summed E-state index contributed by atoms with van der Waals surface area (Å²) in [6.07, 6.45) is 0. The van der Waals surface area contributed by atoms with Crippen LogP contribution >= 0.6 is 0 Å². The fraction of sp³-hybridized carbons (Fsp3) is 0.0625. The van der Waals surface area contributed by atoms with Crippen LogP contribution in [-0.2, 0) is 0 Å². The van der Waals surface area contributed by atoms with Gasteiger partial charge in [0.15, 0.2) is 0 Å². The Morgan fingerprint density at radius 2 is 1.30 bits per heavy atom. The summed E-state index contributed by atoms with van der Waals surface area (Å²) in [7, 11) is 1.47. The first-order valence-electron chi connectivity index (χ1n) is 6.10. The van der Waals surface area contributed by atoms with Crippen LogP contribution in [0.3, 0.4) is 0 Å². The van der Waals surface area contributed by atoms with E-state index in [0.29, 0.717) is 5.56 Å².